The molecule has 0 atom stereocenters. The first-order valence-corrected chi connectivity index (χ1v) is 7.41. The number of halogens is 1. The predicted octanol–water partition coefficient (Wildman–Crippen LogP) is 4.57. The van der Waals surface area contributed by atoms with Crippen molar-refractivity contribution in [1.29, 1.82) is 0 Å². The van der Waals surface area contributed by atoms with Crippen LogP contribution in [0.15, 0.2) is 47.1 Å². The van der Waals surface area contributed by atoms with E-state index in [9.17, 15) is 0 Å². The smallest absolute Gasteiger partial charge is 0.129 e. The molecule has 2 aromatic rings. The Morgan fingerprint density at radius 1 is 1.21 bits per heavy atom. The van der Waals surface area contributed by atoms with E-state index in [0.717, 1.165) is 29.8 Å². The van der Waals surface area contributed by atoms with Gasteiger partial charge in [0.15, 0.2) is 0 Å². The fourth-order valence-electron chi connectivity index (χ4n) is 2.05. The third-order valence-corrected chi connectivity index (χ3v) is 3.90. The Morgan fingerprint density at radius 2 is 1.95 bits per heavy atom. The van der Waals surface area contributed by atoms with Crippen molar-refractivity contribution in [2.75, 3.05) is 11.4 Å². The second-order valence-electron chi connectivity index (χ2n) is 4.70. The lowest BCUT2D eigenvalue weighted by molar-refractivity contribution is 0.754. The number of aryl methyl sites for hydroxylation is 1. The molecule has 1 aromatic carbocycles. The van der Waals surface area contributed by atoms with Crippen molar-refractivity contribution in [1.82, 2.24) is 4.98 Å². The van der Waals surface area contributed by atoms with Crippen LogP contribution in [0.25, 0.3) is 0 Å². The fraction of sp³-hybridized carbons (Fsp3) is 0.312. The van der Waals surface area contributed by atoms with Crippen LogP contribution in [0.3, 0.4) is 0 Å². The van der Waals surface area contributed by atoms with Gasteiger partial charge in [-0.25, -0.2) is 4.98 Å². The summed E-state index contributed by atoms with van der Waals surface area (Å²) in [5.41, 5.74) is 2.54. The van der Waals surface area contributed by atoms with Crippen molar-refractivity contribution in [3.63, 3.8) is 0 Å². The van der Waals surface area contributed by atoms with E-state index >= 15 is 0 Å². The third-order valence-electron chi connectivity index (χ3n) is 3.07. The zero-order valence-electron chi connectivity index (χ0n) is 11.4. The highest BCUT2D eigenvalue weighted by Gasteiger charge is 2.09. The summed E-state index contributed by atoms with van der Waals surface area (Å²) in [5, 5.41) is 0. The zero-order chi connectivity index (χ0) is 13.7. The van der Waals surface area contributed by atoms with Crippen molar-refractivity contribution >= 4 is 21.7 Å². The van der Waals surface area contributed by atoms with Crippen LogP contribution in [-0.4, -0.2) is 11.5 Å². The molecule has 100 valence electrons. The Balaban J connectivity index is 2.21. The van der Waals surface area contributed by atoms with Crippen molar-refractivity contribution in [3.8, 4) is 0 Å². The van der Waals surface area contributed by atoms with Gasteiger partial charge in [0.2, 0.25) is 0 Å². The Bertz CT molecular complexity index is 526. The average molecular weight is 319 g/mol. The summed E-state index contributed by atoms with van der Waals surface area (Å²) in [6.07, 6.45) is 3.00. The Hall–Kier alpha value is -1.35. The maximum Gasteiger partial charge on any atom is 0.129 e. The number of hydrogen-bond donors (Lipinski definition) is 0. The van der Waals surface area contributed by atoms with Crippen LogP contribution in [0.2, 0.25) is 0 Å². The van der Waals surface area contributed by atoms with E-state index in [1.54, 1.807) is 0 Å². The first-order valence-electron chi connectivity index (χ1n) is 6.61. The van der Waals surface area contributed by atoms with Crippen molar-refractivity contribution in [2.45, 2.75) is 26.8 Å². The van der Waals surface area contributed by atoms with Gasteiger partial charge >= 0.3 is 0 Å². The Labute approximate surface area is 123 Å². The summed E-state index contributed by atoms with van der Waals surface area (Å²) < 4.78 is 1.06. The molecule has 0 radical (unpaired) electrons. The second-order valence-corrected chi connectivity index (χ2v) is 5.55. The van der Waals surface area contributed by atoms with Crippen LogP contribution in [0, 0.1) is 6.92 Å². The summed E-state index contributed by atoms with van der Waals surface area (Å²) in [4.78, 5) is 6.86. The van der Waals surface area contributed by atoms with Gasteiger partial charge in [0.1, 0.15) is 5.82 Å². The van der Waals surface area contributed by atoms with Crippen LogP contribution < -0.4 is 4.90 Å². The highest BCUT2D eigenvalue weighted by molar-refractivity contribution is 9.10. The van der Waals surface area contributed by atoms with Gasteiger partial charge in [0, 0.05) is 23.8 Å². The first kappa shape index (κ1) is 14.1. The predicted molar refractivity (Wildman–Crippen MR) is 84.5 cm³/mol. The van der Waals surface area contributed by atoms with E-state index in [0.29, 0.717) is 0 Å². The molecule has 19 heavy (non-hydrogen) atoms. The highest BCUT2D eigenvalue weighted by atomic mass is 79.9. The standard InChI is InChI=1S/C16H19BrN2/c1-3-9-19(12-14-7-5-4-6-8-14)16-10-13(2)15(17)11-18-16/h4-8,10-11H,3,9,12H2,1-2H3. The number of nitrogens with zero attached hydrogens (tertiary/aromatic N) is 2. The number of aromatic nitrogens is 1. The lowest BCUT2D eigenvalue weighted by Gasteiger charge is -2.23. The highest BCUT2D eigenvalue weighted by Crippen LogP contribution is 2.21. The molecule has 3 heteroatoms. The summed E-state index contributed by atoms with van der Waals surface area (Å²) in [5.74, 6) is 1.05. The quantitative estimate of drug-likeness (QED) is 0.802. The van der Waals surface area contributed by atoms with E-state index in [1.165, 1.54) is 11.1 Å². The van der Waals surface area contributed by atoms with Crippen LogP contribution in [0.4, 0.5) is 5.82 Å². The fourth-order valence-corrected chi connectivity index (χ4v) is 2.26. The van der Waals surface area contributed by atoms with Gasteiger partial charge in [-0.1, -0.05) is 37.3 Å². The minimum Gasteiger partial charge on any atom is -0.352 e. The second kappa shape index (κ2) is 6.71. The van der Waals surface area contributed by atoms with Crippen molar-refractivity contribution in [2.24, 2.45) is 0 Å². The zero-order valence-corrected chi connectivity index (χ0v) is 13.0. The molecule has 0 amide bonds. The van der Waals surface area contributed by atoms with Crippen LogP contribution in [0.5, 0.6) is 0 Å². The maximum absolute atomic E-state index is 4.53. The van der Waals surface area contributed by atoms with Gasteiger partial charge in [-0.2, -0.15) is 0 Å². The van der Waals surface area contributed by atoms with Gasteiger partial charge in [0.05, 0.1) is 0 Å². The topological polar surface area (TPSA) is 16.1 Å². The summed E-state index contributed by atoms with van der Waals surface area (Å²) in [6.45, 7) is 6.22. The minimum atomic E-state index is 0.906. The summed E-state index contributed by atoms with van der Waals surface area (Å²) in [7, 11) is 0. The van der Waals surface area contributed by atoms with Gasteiger partial charge in [-0.05, 0) is 46.5 Å². The largest absolute Gasteiger partial charge is 0.352 e. The number of hydrogen-bond acceptors (Lipinski definition) is 2. The molecule has 0 bridgehead atoms. The molecule has 2 rings (SSSR count). The monoisotopic (exact) mass is 318 g/mol. The molecule has 1 heterocycles. The molecular weight excluding hydrogens is 300 g/mol. The molecule has 1 aromatic heterocycles. The Kier molecular flexibility index (Phi) is 4.97. The van der Waals surface area contributed by atoms with Gasteiger partial charge in [-0.3, -0.25) is 0 Å². The third kappa shape index (κ3) is 3.80. The normalized spacial score (nSPS) is 10.5. The molecule has 0 fully saturated rings. The number of rotatable bonds is 5. The molecule has 0 aliphatic carbocycles. The van der Waals surface area contributed by atoms with Crippen molar-refractivity contribution in [3.05, 3.63) is 58.2 Å². The van der Waals surface area contributed by atoms with Gasteiger partial charge in [-0.15, -0.1) is 0 Å². The molecular formula is C16H19BrN2. The van der Waals surface area contributed by atoms with Crippen LogP contribution in [0.1, 0.15) is 24.5 Å². The lowest BCUT2D eigenvalue weighted by Crippen LogP contribution is -2.24. The van der Waals surface area contributed by atoms with Gasteiger partial charge in [0.25, 0.3) is 0 Å². The average Bonchev–Trinajstić information content (AvgIpc) is 2.43. The van der Waals surface area contributed by atoms with E-state index < -0.39 is 0 Å². The number of pyridine rings is 1. The molecule has 2 nitrogen and oxygen atoms in total. The molecule has 0 saturated carbocycles. The number of benzene rings is 1. The summed E-state index contributed by atoms with van der Waals surface area (Å²) >= 11 is 3.50. The SMILES string of the molecule is CCCN(Cc1ccccc1)c1cc(C)c(Br)cn1. The Morgan fingerprint density at radius 3 is 2.58 bits per heavy atom. The first-order chi connectivity index (χ1) is 9.20. The lowest BCUT2D eigenvalue weighted by atomic mass is 10.2. The van der Waals surface area contributed by atoms with Gasteiger partial charge < -0.3 is 4.90 Å². The molecule has 0 spiro atoms. The maximum atomic E-state index is 4.53. The molecule has 0 aliphatic rings. The molecule has 0 saturated heterocycles. The summed E-state index contributed by atoms with van der Waals surface area (Å²) in [6, 6.07) is 12.7. The van der Waals surface area contributed by atoms with E-state index in [1.807, 2.05) is 6.20 Å². The molecule has 0 unspecified atom stereocenters. The van der Waals surface area contributed by atoms with Crippen LogP contribution >= 0.6 is 15.9 Å². The molecule has 0 aliphatic heterocycles. The van der Waals surface area contributed by atoms with Crippen LogP contribution in [-0.2, 0) is 6.54 Å². The molecule has 0 N–H and O–H groups in total. The minimum absolute atomic E-state index is 0.906. The van der Waals surface area contributed by atoms with E-state index in [4.69, 9.17) is 0 Å². The van der Waals surface area contributed by atoms with Crippen molar-refractivity contribution < 1.29 is 0 Å². The van der Waals surface area contributed by atoms with E-state index in [2.05, 4.69) is 76.1 Å². The number of anilines is 1. The van der Waals surface area contributed by atoms with E-state index in [-0.39, 0.29) is 0 Å².